The summed E-state index contributed by atoms with van der Waals surface area (Å²) >= 11 is 5.99. The van der Waals surface area contributed by atoms with Crippen LogP contribution in [0.2, 0.25) is 5.15 Å². The molecule has 128 valence electrons. The van der Waals surface area contributed by atoms with E-state index in [1.807, 2.05) is 30.3 Å². The van der Waals surface area contributed by atoms with Gasteiger partial charge in [-0.25, -0.2) is 24.4 Å². The SMILES string of the molecule is Fc1ccc(C2=CN(c3cc(Cl)ncn3)NC(c3ccccc3)=N2)cc1. The van der Waals surface area contributed by atoms with E-state index in [4.69, 9.17) is 11.6 Å². The molecule has 0 saturated carbocycles. The lowest BCUT2D eigenvalue weighted by Crippen LogP contribution is -2.42. The number of hydrazine groups is 1. The number of nitrogens with zero attached hydrogens (tertiary/aromatic N) is 4. The van der Waals surface area contributed by atoms with Crippen LogP contribution < -0.4 is 10.4 Å². The molecule has 26 heavy (non-hydrogen) atoms. The largest absolute Gasteiger partial charge is 0.276 e. The van der Waals surface area contributed by atoms with Gasteiger partial charge in [-0.3, -0.25) is 5.43 Å². The Bertz CT molecular complexity index is 986. The maximum Gasteiger partial charge on any atom is 0.156 e. The van der Waals surface area contributed by atoms with Gasteiger partial charge in [-0.05, 0) is 24.3 Å². The predicted molar refractivity (Wildman–Crippen MR) is 100 cm³/mol. The van der Waals surface area contributed by atoms with Crippen LogP contribution in [0.15, 0.2) is 78.2 Å². The van der Waals surface area contributed by atoms with E-state index >= 15 is 0 Å². The summed E-state index contributed by atoms with van der Waals surface area (Å²) in [7, 11) is 0. The first kappa shape index (κ1) is 16.2. The third-order valence-electron chi connectivity index (χ3n) is 3.76. The molecule has 0 spiro atoms. The number of hydrogen-bond acceptors (Lipinski definition) is 5. The van der Waals surface area contributed by atoms with Crippen molar-refractivity contribution in [2.45, 2.75) is 0 Å². The van der Waals surface area contributed by atoms with Crippen LogP contribution in [0.5, 0.6) is 0 Å². The van der Waals surface area contributed by atoms with Crippen LogP contribution in [-0.4, -0.2) is 15.8 Å². The highest BCUT2D eigenvalue weighted by molar-refractivity contribution is 6.29. The van der Waals surface area contributed by atoms with Crippen LogP contribution in [0.4, 0.5) is 10.2 Å². The zero-order valence-electron chi connectivity index (χ0n) is 13.5. The smallest absolute Gasteiger partial charge is 0.156 e. The summed E-state index contributed by atoms with van der Waals surface area (Å²) in [5, 5.41) is 2.04. The number of aliphatic imine (C=N–C) groups is 1. The van der Waals surface area contributed by atoms with Crippen molar-refractivity contribution in [2.24, 2.45) is 4.99 Å². The van der Waals surface area contributed by atoms with E-state index in [9.17, 15) is 4.39 Å². The molecule has 0 saturated heterocycles. The van der Waals surface area contributed by atoms with Gasteiger partial charge in [-0.15, -0.1) is 0 Å². The van der Waals surface area contributed by atoms with Crippen LogP contribution in [0.1, 0.15) is 11.1 Å². The fraction of sp³-hybridized carbons (Fsp3) is 0. The van der Waals surface area contributed by atoms with Crippen LogP contribution in [0.25, 0.3) is 5.70 Å². The van der Waals surface area contributed by atoms with Gasteiger partial charge in [-0.2, -0.15) is 0 Å². The average Bonchev–Trinajstić information content (AvgIpc) is 2.69. The summed E-state index contributed by atoms with van der Waals surface area (Å²) < 4.78 is 13.3. The first-order valence-electron chi connectivity index (χ1n) is 7.84. The Hall–Kier alpha value is -3.25. The molecule has 0 fully saturated rings. The van der Waals surface area contributed by atoms with Crippen LogP contribution >= 0.6 is 11.6 Å². The van der Waals surface area contributed by atoms with Crippen molar-refractivity contribution < 1.29 is 4.39 Å². The Balaban J connectivity index is 1.79. The molecule has 0 amide bonds. The van der Waals surface area contributed by atoms with Gasteiger partial charge in [0, 0.05) is 17.2 Å². The van der Waals surface area contributed by atoms with Crippen LogP contribution in [0.3, 0.4) is 0 Å². The van der Waals surface area contributed by atoms with Gasteiger partial charge in [0.25, 0.3) is 0 Å². The molecule has 1 aromatic heterocycles. The minimum absolute atomic E-state index is 0.296. The maximum atomic E-state index is 13.3. The molecule has 1 N–H and O–H groups in total. The van der Waals surface area contributed by atoms with Gasteiger partial charge in [0.05, 0.1) is 11.9 Å². The Labute approximate surface area is 154 Å². The Kier molecular flexibility index (Phi) is 4.33. The molecule has 1 aliphatic heterocycles. The number of rotatable bonds is 3. The van der Waals surface area contributed by atoms with E-state index in [0.717, 1.165) is 11.1 Å². The van der Waals surface area contributed by atoms with Crippen molar-refractivity contribution >= 4 is 29.0 Å². The topological polar surface area (TPSA) is 53.4 Å². The van der Waals surface area contributed by atoms with Crippen molar-refractivity contribution in [1.29, 1.82) is 0 Å². The number of halogens is 2. The Morgan fingerprint density at radius 1 is 0.923 bits per heavy atom. The van der Waals surface area contributed by atoms with Crippen molar-refractivity contribution in [3.05, 3.63) is 95.3 Å². The van der Waals surface area contributed by atoms with E-state index in [1.54, 1.807) is 29.4 Å². The van der Waals surface area contributed by atoms with Gasteiger partial charge in [0.15, 0.2) is 11.7 Å². The molecular formula is C19H13ClFN5. The second kappa shape index (κ2) is 6.93. The second-order valence-corrected chi connectivity index (χ2v) is 5.92. The minimum atomic E-state index is -0.296. The van der Waals surface area contributed by atoms with Crippen molar-refractivity contribution in [3.8, 4) is 0 Å². The highest BCUT2D eigenvalue weighted by Crippen LogP contribution is 2.24. The molecule has 0 atom stereocenters. The first-order valence-corrected chi connectivity index (χ1v) is 8.22. The first-order chi connectivity index (χ1) is 12.7. The van der Waals surface area contributed by atoms with Gasteiger partial charge in [0.2, 0.25) is 0 Å². The van der Waals surface area contributed by atoms with Gasteiger partial charge >= 0.3 is 0 Å². The lowest BCUT2D eigenvalue weighted by molar-refractivity contribution is 0.627. The molecule has 4 rings (SSSR count). The number of amidine groups is 1. The molecule has 3 aromatic rings. The summed E-state index contributed by atoms with van der Waals surface area (Å²) in [6.07, 6.45) is 3.16. The lowest BCUT2D eigenvalue weighted by Gasteiger charge is -2.27. The summed E-state index contributed by atoms with van der Waals surface area (Å²) in [6.45, 7) is 0. The fourth-order valence-electron chi connectivity index (χ4n) is 2.51. The van der Waals surface area contributed by atoms with Crippen molar-refractivity contribution in [1.82, 2.24) is 15.4 Å². The summed E-state index contributed by atoms with van der Waals surface area (Å²) in [6, 6.07) is 17.5. The standard InChI is InChI=1S/C19H13ClFN5/c20-17-10-18(23-12-22-17)26-11-16(13-6-8-15(21)9-7-13)24-19(25-26)14-4-2-1-3-5-14/h1-12H,(H,24,25). The van der Waals surface area contributed by atoms with E-state index in [1.165, 1.54) is 18.5 Å². The molecule has 0 radical (unpaired) electrons. The fourth-order valence-corrected chi connectivity index (χ4v) is 2.65. The molecule has 2 aromatic carbocycles. The third kappa shape index (κ3) is 3.41. The van der Waals surface area contributed by atoms with Crippen molar-refractivity contribution in [2.75, 3.05) is 5.01 Å². The Morgan fingerprint density at radius 2 is 1.69 bits per heavy atom. The number of anilines is 1. The van der Waals surface area contributed by atoms with Crippen LogP contribution in [0, 0.1) is 5.82 Å². The number of benzene rings is 2. The summed E-state index contributed by atoms with van der Waals surface area (Å²) in [5.41, 5.74) is 5.56. The number of hydrogen-bond donors (Lipinski definition) is 1. The van der Waals surface area contributed by atoms with Gasteiger partial charge in [-0.1, -0.05) is 41.9 Å². The predicted octanol–water partition coefficient (Wildman–Crippen LogP) is 4.04. The van der Waals surface area contributed by atoms with E-state index in [0.29, 0.717) is 22.5 Å². The Morgan fingerprint density at radius 3 is 2.42 bits per heavy atom. The van der Waals surface area contributed by atoms with Gasteiger partial charge < -0.3 is 0 Å². The number of nitrogens with one attached hydrogen (secondary N) is 1. The molecule has 5 nitrogen and oxygen atoms in total. The number of aromatic nitrogens is 2. The van der Waals surface area contributed by atoms with Crippen LogP contribution in [-0.2, 0) is 0 Å². The summed E-state index contributed by atoms with van der Waals surface area (Å²) in [4.78, 5) is 12.8. The third-order valence-corrected chi connectivity index (χ3v) is 3.97. The zero-order valence-corrected chi connectivity index (χ0v) is 14.2. The lowest BCUT2D eigenvalue weighted by atomic mass is 10.1. The molecule has 0 unspecified atom stereocenters. The van der Waals surface area contributed by atoms with E-state index in [2.05, 4.69) is 20.4 Å². The molecular weight excluding hydrogens is 353 g/mol. The average molecular weight is 366 g/mol. The molecule has 1 aliphatic rings. The highest BCUT2D eigenvalue weighted by Gasteiger charge is 2.18. The summed E-state index contributed by atoms with van der Waals surface area (Å²) in [5.74, 6) is 0.907. The molecule has 0 bridgehead atoms. The van der Waals surface area contributed by atoms with E-state index < -0.39 is 0 Å². The monoisotopic (exact) mass is 365 g/mol. The second-order valence-electron chi connectivity index (χ2n) is 5.53. The quantitative estimate of drug-likeness (QED) is 0.712. The highest BCUT2D eigenvalue weighted by atomic mass is 35.5. The molecule has 2 heterocycles. The zero-order chi connectivity index (χ0) is 17.9. The minimum Gasteiger partial charge on any atom is -0.276 e. The maximum absolute atomic E-state index is 13.3. The normalized spacial score (nSPS) is 13.7. The van der Waals surface area contributed by atoms with E-state index in [-0.39, 0.29) is 5.82 Å². The molecule has 0 aliphatic carbocycles. The van der Waals surface area contributed by atoms with Crippen molar-refractivity contribution in [3.63, 3.8) is 0 Å². The van der Waals surface area contributed by atoms with Gasteiger partial charge in [0.1, 0.15) is 17.3 Å². The molecule has 7 heteroatoms.